The first kappa shape index (κ1) is 19.3. The normalized spacial score (nSPS) is 13.7. The second-order valence-electron chi connectivity index (χ2n) is 5.55. The maximum absolute atomic E-state index is 12.5. The third-order valence-electron chi connectivity index (χ3n) is 3.23. The minimum absolute atomic E-state index is 0.281. The zero-order chi connectivity index (χ0) is 19.4. The van der Waals surface area contributed by atoms with Gasteiger partial charge in [0.2, 0.25) is 11.7 Å². The number of halogens is 3. The number of tetrazole rings is 1. The van der Waals surface area contributed by atoms with E-state index in [0.29, 0.717) is 12.5 Å². The van der Waals surface area contributed by atoms with E-state index in [9.17, 15) is 27.9 Å². The summed E-state index contributed by atoms with van der Waals surface area (Å²) < 4.78 is 37.4. The lowest BCUT2D eigenvalue weighted by Crippen LogP contribution is -2.50. The minimum Gasteiger partial charge on any atom is -0.380 e. The summed E-state index contributed by atoms with van der Waals surface area (Å²) in [6.45, 7) is 0.0363. The molecule has 1 atom stereocenters. The van der Waals surface area contributed by atoms with Crippen LogP contribution in [0, 0.1) is 0 Å². The largest absolute Gasteiger partial charge is 0.417 e. The van der Waals surface area contributed by atoms with Gasteiger partial charge >= 0.3 is 6.18 Å². The van der Waals surface area contributed by atoms with E-state index in [-0.39, 0.29) is 5.82 Å². The van der Waals surface area contributed by atoms with Crippen LogP contribution in [0.4, 0.5) is 13.2 Å². The molecule has 0 aliphatic rings. The number of hydrazine groups is 1. The van der Waals surface area contributed by atoms with Gasteiger partial charge in [0, 0.05) is 5.56 Å². The molecule has 0 radical (unpaired) electrons. The molecule has 26 heavy (non-hydrogen) atoms. The third kappa shape index (κ3) is 4.99. The van der Waals surface area contributed by atoms with Gasteiger partial charge in [-0.15, -0.1) is 10.2 Å². The van der Waals surface area contributed by atoms with E-state index in [2.05, 4.69) is 15.4 Å². The molecule has 2 amide bonds. The van der Waals surface area contributed by atoms with Crippen molar-refractivity contribution in [2.24, 2.45) is 0 Å². The van der Waals surface area contributed by atoms with Gasteiger partial charge in [-0.1, -0.05) is 30.3 Å². The van der Waals surface area contributed by atoms with Crippen molar-refractivity contribution in [3.8, 4) is 11.4 Å². The highest BCUT2D eigenvalue weighted by Crippen LogP contribution is 2.32. The number of nitrogens with one attached hydrogen (secondary N) is 2. The van der Waals surface area contributed by atoms with Crippen molar-refractivity contribution in [3.63, 3.8) is 0 Å². The van der Waals surface area contributed by atoms with Crippen molar-refractivity contribution < 1.29 is 27.9 Å². The van der Waals surface area contributed by atoms with Crippen LogP contribution >= 0.6 is 0 Å². The van der Waals surface area contributed by atoms with Gasteiger partial charge in [0.15, 0.2) is 5.60 Å². The second-order valence-corrected chi connectivity index (χ2v) is 5.55. The van der Waals surface area contributed by atoms with Crippen LogP contribution in [0.2, 0.25) is 0 Å². The number of hydrogen-bond donors (Lipinski definition) is 3. The topological polar surface area (TPSA) is 122 Å². The Labute approximate surface area is 145 Å². The molecule has 0 fully saturated rings. The molecule has 0 unspecified atom stereocenters. The lowest BCUT2D eigenvalue weighted by Gasteiger charge is -2.25. The van der Waals surface area contributed by atoms with Crippen LogP contribution in [0.15, 0.2) is 30.3 Å². The summed E-state index contributed by atoms with van der Waals surface area (Å²) in [7, 11) is 0. The molecule has 0 saturated heterocycles. The van der Waals surface area contributed by atoms with E-state index >= 15 is 0 Å². The first-order chi connectivity index (χ1) is 12.1. The Morgan fingerprint density at radius 1 is 1.15 bits per heavy atom. The van der Waals surface area contributed by atoms with E-state index in [1.54, 1.807) is 35.8 Å². The molecule has 0 spiro atoms. The zero-order valence-electron chi connectivity index (χ0n) is 13.5. The number of hydrogen-bond acceptors (Lipinski definition) is 6. The molecule has 12 heteroatoms. The van der Waals surface area contributed by atoms with E-state index in [1.165, 1.54) is 0 Å². The maximum Gasteiger partial charge on any atom is 0.417 e. The molecule has 140 valence electrons. The fourth-order valence-electron chi connectivity index (χ4n) is 1.78. The molecule has 1 heterocycles. The quantitative estimate of drug-likeness (QED) is 0.644. The van der Waals surface area contributed by atoms with Crippen LogP contribution in [-0.4, -0.2) is 48.9 Å². The predicted molar refractivity (Wildman–Crippen MR) is 80.8 cm³/mol. The van der Waals surface area contributed by atoms with Crippen LogP contribution in [0.3, 0.4) is 0 Å². The molecule has 1 aromatic carbocycles. The molecule has 2 rings (SSSR count). The molecule has 3 N–H and O–H groups in total. The van der Waals surface area contributed by atoms with Crippen LogP contribution in [0.5, 0.6) is 0 Å². The van der Waals surface area contributed by atoms with Gasteiger partial charge in [-0.2, -0.15) is 18.0 Å². The average Bonchev–Trinajstić information content (AvgIpc) is 3.01. The van der Waals surface area contributed by atoms with Crippen LogP contribution in [-0.2, 0) is 16.1 Å². The summed E-state index contributed by atoms with van der Waals surface area (Å²) in [5.74, 6) is -1.72. The van der Waals surface area contributed by atoms with E-state index < -0.39 is 36.6 Å². The molecule has 0 saturated carbocycles. The van der Waals surface area contributed by atoms with Crippen LogP contribution in [0.25, 0.3) is 11.4 Å². The summed E-state index contributed by atoms with van der Waals surface area (Å²) in [5, 5.41) is 20.6. The van der Waals surface area contributed by atoms with Crippen molar-refractivity contribution in [3.05, 3.63) is 30.3 Å². The SMILES string of the molecule is C[C@](O)(CC(=O)NNC(=O)Cn1nnc(-c2ccccc2)n1)C(F)(F)F. The minimum atomic E-state index is -4.98. The first-order valence-corrected chi connectivity index (χ1v) is 7.28. The molecular weight excluding hydrogens is 357 g/mol. The number of aromatic nitrogens is 4. The zero-order valence-corrected chi connectivity index (χ0v) is 13.5. The Bertz CT molecular complexity index is 776. The van der Waals surface area contributed by atoms with Crippen LogP contribution in [0.1, 0.15) is 13.3 Å². The smallest absolute Gasteiger partial charge is 0.380 e. The van der Waals surface area contributed by atoms with Crippen molar-refractivity contribution in [2.75, 3.05) is 0 Å². The predicted octanol–water partition coefficient (Wildman–Crippen LogP) is 0.191. The average molecular weight is 372 g/mol. The van der Waals surface area contributed by atoms with E-state index in [4.69, 9.17) is 0 Å². The van der Waals surface area contributed by atoms with E-state index in [1.807, 2.05) is 5.43 Å². The Morgan fingerprint density at radius 3 is 2.38 bits per heavy atom. The Hall–Kier alpha value is -3.02. The first-order valence-electron chi connectivity index (χ1n) is 7.28. The number of carbonyl (C=O) groups excluding carboxylic acids is 2. The molecular formula is C14H15F3N6O3. The highest BCUT2D eigenvalue weighted by molar-refractivity contribution is 5.82. The Kier molecular flexibility index (Phi) is 5.55. The van der Waals surface area contributed by atoms with Gasteiger partial charge in [0.1, 0.15) is 6.54 Å². The van der Waals surface area contributed by atoms with Gasteiger partial charge in [-0.05, 0) is 12.1 Å². The summed E-state index contributed by atoms with van der Waals surface area (Å²) in [5.41, 5.74) is 1.16. The highest BCUT2D eigenvalue weighted by Gasteiger charge is 2.51. The van der Waals surface area contributed by atoms with Gasteiger partial charge in [-0.3, -0.25) is 20.4 Å². The molecule has 0 aliphatic carbocycles. The maximum atomic E-state index is 12.5. The van der Waals surface area contributed by atoms with Crippen molar-refractivity contribution in [1.29, 1.82) is 0 Å². The number of rotatable bonds is 5. The molecule has 1 aromatic heterocycles. The number of nitrogens with zero attached hydrogens (tertiary/aromatic N) is 4. The molecule has 0 bridgehead atoms. The van der Waals surface area contributed by atoms with Crippen LogP contribution < -0.4 is 10.9 Å². The molecule has 0 aliphatic heterocycles. The second kappa shape index (κ2) is 7.47. The molecule has 2 aromatic rings. The number of carbonyl (C=O) groups is 2. The van der Waals surface area contributed by atoms with Gasteiger partial charge in [-0.25, -0.2) is 0 Å². The van der Waals surface area contributed by atoms with Gasteiger partial charge in [0.25, 0.3) is 5.91 Å². The summed E-state index contributed by atoms with van der Waals surface area (Å²) in [4.78, 5) is 24.1. The summed E-state index contributed by atoms with van der Waals surface area (Å²) in [6.07, 6.45) is -6.25. The fourth-order valence-corrected chi connectivity index (χ4v) is 1.78. The monoisotopic (exact) mass is 372 g/mol. The van der Waals surface area contributed by atoms with E-state index in [0.717, 1.165) is 4.80 Å². The fraction of sp³-hybridized carbons (Fsp3) is 0.357. The summed E-state index contributed by atoms with van der Waals surface area (Å²) >= 11 is 0. The number of benzene rings is 1. The van der Waals surface area contributed by atoms with Crippen molar-refractivity contribution >= 4 is 11.8 Å². The van der Waals surface area contributed by atoms with Gasteiger partial charge < -0.3 is 5.11 Å². The van der Waals surface area contributed by atoms with Crippen molar-refractivity contribution in [1.82, 2.24) is 31.1 Å². The lowest BCUT2D eigenvalue weighted by atomic mass is 10.0. The number of amides is 2. The van der Waals surface area contributed by atoms with Gasteiger partial charge in [0.05, 0.1) is 6.42 Å². The highest BCUT2D eigenvalue weighted by atomic mass is 19.4. The Morgan fingerprint density at radius 2 is 1.77 bits per heavy atom. The summed E-state index contributed by atoms with van der Waals surface area (Å²) in [6, 6.07) is 8.84. The standard InChI is InChI=1S/C14H15F3N6O3/c1-13(26,14(15,16)17)7-10(24)18-19-11(25)8-23-21-12(20-22-23)9-5-3-2-4-6-9/h2-6,26H,7-8H2,1H3,(H,18,24)(H,19,25)/t13-/m0/s1. The Balaban J connectivity index is 1.84. The lowest BCUT2D eigenvalue weighted by molar-refractivity contribution is -0.253. The van der Waals surface area contributed by atoms with Crippen molar-refractivity contribution in [2.45, 2.75) is 31.7 Å². The molecule has 9 nitrogen and oxygen atoms in total. The third-order valence-corrected chi connectivity index (χ3v) is 3.23. The number of aliphatic hydroxyl groups is 1. The number of alkyl halides is 3.